The van der Waals surface area contributed by atoms with Gasteiger partial charge in [-0.1, -0.05) is 26.0 Å². The maximum atomic E-state index is 5.83. The Morgan fingerprint density at radius 2 is 1.89 bits per heavy atom. The minimum Gasteiger partial charge on any atom is -0.497 e. The minimum atomic E-state index is 0.190. The van der Waals surface area contributed by atoms with E-state index in [-0.39, 0.29) is 5.41 Å². The first-order chi connectivity index (χ1) is 9.09. The second-order valence-corrected chi connectivity index (χ2v) is 6.16. The van der Waals surface area contributed by atoms with E-state index in [9.17, 15) is 0 Å². The van der Waals surface area contributed by atoms with Crippen LogP contribution in [-0.4, -0.2) is 26.3 Å². The standard InChI is InChI=1S/C16H25NO2/c1-16(2,11-17-14-6-7-14)12-19-10-13-4-8-15(18-3)9-5-13/h4-5,8-9,14,17H,6-7,10-12H2,1-3H3. The SMILES string of the molecule is COc1ccc(COCC(C)(C)CNC2CC2)cc1. The van der Waals surface area contributed by atoms with E-state index in [4.69, 9.17) is 9.47 Å². The summed E-state index contributed by atoms with van der Waals surface area (Å²) < 4.78 is 11.0. The highest BCUT2D eigenvalue weighted by Gasteiger charge is 2.25. The van der Waals surface area contributed by atoms with Gasteiger partial charge in [-0.15, -0.1) is 0 Å². The van der Waals surface area contributed by atoms with E-state index in [0.29, 0.717) is 6.61 Å². The van der Waals surface area contributed by atoms with Crippen molar-refractivity contribution in [3.63, 3.8) is 0 Å². The maximum Gasteiger partial charge on any atom is 0.118 e. The lowest BCUT2D eigenvalue weighted by molar-refractivity contribution is 0.0511. The third kappa shape index (κ3) is 5.21. The molecule has 1 saturated carbocycles. The van der Waals surface area contributed by atoms with Crippen molar-refractivity contribution in [1.29, 1.82) is 0 Å². The summed E-state index contributed by atoms with van der Waals surface area (Å²) in [5.41, 5.74) is 1.38. The van der Waals surface area contributed by atoms with E-state index in [0.717, 1.165) is 24.9 Å². The first-order valence-electron chi connectivity index (χ1n) is 7.03. The number of benzene rings is 1. The molecule has 0 spiro atoms. The molecule has 1 aromatic rings. The Morgan fingerprint density at radius 1 is 1.21 bits per heavy atom. The van der Waals surface area contributed by atoms with Gasteiger partial charge in [-0.2, -0.15) is 0 Å². The molecule has 2 rings (SSSR count). The molecule has 0 radical (unpaired) electrons. The third-order valence-corrected chi connectivity index (χ3v) is 3.37. The topological polar surface area (TPSA) is 30.5 Å². The molecule has 0 aromatic heterocycles. The number of ether oxygens (including phenoxy) is 2. The molecule has 0 heterocycles. The molecule has 0 amide bonds. The molecule has 1 N–H and O–H groups in total. The second-order valence-electron chi connectivity index (χ2n) is 6.16. The second kappa shape index (κ2) is 6.40. The molecular weight excluding hydrogens is 238 g/mol. The van der Waals surface area contributed by atoms with Crippen LogP contribution in [-0.2, 0) is 11.3 Å². The summed E-state index contributed by atoms with van der Waals surface area (Å²) in [4.78, 5) is 0. The molecule has 1 aliphatic carbocycles. The van der Waals surface area contributed by atoms with E-state index in [2.05, 4.69) is 19.2 Å². The lowest BCUT2D eigenvalue weighted by Gasteiger charge is -2.25. The fraction of sp³-hybridized carbons (Fsp3) is 0.625. The van der Waals surface area contributed by atoms with Crippen LogP contribution in [0, 0.1) is 5.41 Å². The minimum absolute atomic E-state index is 0.190. The van der Waals surface area contributed by atoms with Crippen LogP contribution >= 0.6 is 0 Å². The average molecular weight is 263 g/mol. The molecule has 0 saturated heterocycles. The smallest absolute Gasteiger partial charge is 0.118 e. The van der Waals surface area contributed by atoms with E-state index in [1.165, 1.54) is 18.4 Å². The number of hydrogen-bond donors (Lipinski definition) is 1. The van der Waals surface area contributed by atoms with Gasteiger partial charge >= 0.3 is 0 Å². The number of hydrogen-bond acceptors (Lipinski definition) is 3. The molecule has 106 valence electrons. The van der Waals surface area contributed by atoms with Crippen LogP contribution in [0.2, 0.25) is 0 Å². The van der Waals surface area contributed by atoms with Gasteiger partial charge in [-0.25, -0.2) is 0 Å². The highest BCUT2D eigenvalue weighted by atomic mass is 16.5. The van der Waals surface area contributed by atoms with Crippen LogP contribution in [0.1, 0.15) is 32.3 Å². The normalized spacial score (nSPS) is 15.5. The zero-order valence-electron chi connectivity index (χ0n) is 12.2. The van der Waals surface area contributed by atoms with Gasteiger partial charge in [0.1, 0.15) is 5.75 Å². The summed E-state index contributed by atoms with van der Waals surface area (Å²) >= 11 is 0. The Labute approximate surface area is 116 Å². The highest BCUT2D eigenvalue weighted by Crippen LogP contribution is 2.22. The molecule has 0 bridgehead atoms. The van der Waals surface area contributed by atoms with Gasteiger partial charge in [0, 0.05) is 18.0 Å². The van der Waals surface area contributed by atoms with Crippen LogP contribution < -0.4 is 10.1 Å². The molecule has 0 unspecified atom stereocenters. The fourth-order valence-electron chi connectivity index (χ4n) is 1.93. The van der Waals surface area contributed by atoms with Gasteiger partial charge in [0.2, 0.25) is 0 Å². The Bertz CT molecular complexity index is 382. The maximum absolute atomic E-state index is 5.83. The van der Waals surface area contributed by atoms with Gasteiger partial charge in [-0.05, 0) is 30.5 Å². The van der Waals surface area contributed by atoms with Gasteiger partial charge in [0.05, 0.1) is 20.3 Å². The zero-order valence-corrected chi connectivity index (χ0v) is 12.2. The summed E-state index contributed by atoms with van der Waals surface area (Å²) in [6, 6.07) is 8.81. The van der Waals surface area contributed by atoms with Crippen LogP contribution in [0.15, 0.2) is 24.3 Å². The van der Waals surface area contributed by atoms with Crippen molar-refractivity contribution in [2.24, 2.45) is 5.41 Å². The van der Waals surface area contributed by atoms with E-state index in [1.807, 2.05) is 24.3 Å². The number of rotatable bonds is 8. The van der Waals surface area contributed by atoms with E-state index < -0.39 is 0 Å². The van der Waals surface area contributed by atoms with Gasteiger partial charge < -0.3 is 14.8 Å². The Kier molecular flexibility index (Phi) is 4.83. The molecule has 3 nitrogen and oxygen atoms in total. The predicted octanol–water partition coefficient (Wildman–Crippen LogP) is 2.99. The first kappa shape index (κ1) is 14.4. The first-order valence-corrected chi connectivity index (χ1v) is 7.03. The Balaban J connectivity index is 1.68. The summed E-state index contributed by atoms with van der Waals surface area (Å²) in [5, 5.41) is 3.56. The van der Waals surface area contributed by atoms with Crippen molar-refractivity contribution in [1.82, 2.24) is 5.32 Å². The highest BCUT2D eigenvalue weighted by molar-refractivity contribution is 5.26. The lowest BCUT2D eigenvalue weighted by Crippen LogP contribution is -2.34. The van der Waals surface area contributed by atoms with Crippen LogP contribution in [0.4, 0.5) is 0 Å². The zero-order chi connectivity index (χ0) is 13.7. The Hall–Kier alpha value is -1.06. The van der Waals surface area contributed by atoms with Gasteiger partial charge in [0.25, 0.3) is 0 Å². The van der Waals surface area contributed by atoms with E-state index >= 15 is 0 Å². The molecule has 3 heteroatoms. The summed E-state index contributed by atoms with van der Waals surface area (Å²) in [6.07, 6.45) is 2.67. The summed E-state index contributed by atoms with van der Waals surface area (Å²) in [5.74, 6) is 0.887. The summed E-state index contributed by atoms with van der Waals surface area (Å²) in [7, 11) is 1.68. The van der Waals surface area contributed by atoms with Crippen molar-refractivity contribution in [2.45, 2.75) is 39.3 Å². The third-order valence-electron chi connectivity index (χ3n) is 3.37. The van der Waals surface area contributed by atoms with Crippen molar-refractivity contribution in [2.75, 3.05) is 20.3 Å². The van der Waals surface area contributed by atoms with Crippen LogP contribution in [0.25, 0.3) is 0 Å². The van der Waals surface area contributed by atoms with E-state index in [1.54, 1.807) is 7.11 Å². The average Bonchev–Trinajstić information content (AvgIpc) is 3.21. The number of methoxy groups -OCH3 is 1. The molecule has 0 atom stereocenters. The monoisotopic (exact) mass is 263 g/mol. The van der Waals surface area contributed by atoms with Crippen LogP contribution in [0.3, 0.4) is 0 Å². The van der Waals surface area contributed by atoms with Gasteiger partial charge in [0.15, 0.2) is 0 Å². The van der Waals surface area contributed by atoms with Crippen molar-refractivity contribution in [3.05, 3.63) is 29.8 Å². The van der Waals surface area contributed by atoms with Crippen molar-refractivity contribution in [3.8, 4) is 5.75 Å². The molecule has 1 aliphatic rings. The van der Waals surface area contributed by atoms with Crippen molar-refractivity contribution < 1.29 is 9.47 Å². The van der Waals surface area contributed by atoms with Gasteiger partial charge in [-0.3, -0.25) is 0 Å². The summed E-state index contributed by atoms with van der Waals surface area (Å²) in [6.45, 7) is 6.96. The quantitative estimate of drug-likeness (QED) is 0.782. The Morgan fingerprint density at radius 3 is 2.47 bits per heavy atom. The molecule has 1 fully saturated rings. The number of nitrogens with one attached hydrogen (secondary N) is 1. The largest absolute Gasteiger partial charge is 0.497 e. The lowest BCUT2D eigenvalue weighted by atomic mass is 9.95. The predicted molar refractivity (Wildman–Crippen MR) is 77.5 cm³/mol. The van der Waals surface area contributed by atoms with Crippen molar-refractivity contribution >= 4 is 0 Å². The molecular formula is C16H25NO2. The van der Waals surface area contributed by atoms with Crippen LogP contribution in [0.5, 0.6) is 5.75 Å². The fourth-order valence-corrected chi connectivity index (χ4v) is 1.93. The molecule has 19 heavy (non-hydrogen) atoms. The molecule has 1 aromatic carbocycles. The molecule has 0 aliphatic heterocycles.